The highest BCUT2D eigenvalue weighted by molar-refractivity contribution is 7.89. The molecule has 0 aliphatic rings. The van der Waals surface area contributed by atoms with E-state index in [9.17, 15) is 13.2 Å². The van der Waals surface area contributed by atoms with Gasteiger partial charge in [0.2, 0.25) is 15.9 Å². The van der Waals surface area contributed by atoms with Gasteiger partial charge in [0.25, 0.3) is 0 Å². The molecule has 96 valence electrons. The van der Waals surface area contributed by atoms with Crippen molar-refractivity contribution >= 4 is 15.9 Å². The number of carbonyl (C=O) groups excluding carboxylic acids is 1. The predicted octanol–water partition coefficient (Wildman–Crippen LogP) is -0.831. The second-order valence-corrected chi connectivity index (χ2v) is 6.26. The standard InChI is InChI=1S/C9H21N3O3S/c1-4-12-16(14,15)6-5-11-8(13)7-9(2,3)10/h12H,4-7,10H2,1-3H3,(H,11,13). The third-order valence-corrected chi connectivity index (χ3v) is 3.14. The highest BCUT2D eigenvalue weighted by Gasteiger charge is 2.16. The number of nitrogens with two attached hydrogens (primary N) is 1. The second kappa shape index (κ2) is 6.17. The molecule has 1 amide bonds. The van der Waals surface area contributed by atoms with Crippen LogP contribution in [0.1, 0.15) is 27.2 Å². The fourth-order valence-corrected chi connectivity index (χ4v) is 2.05. The molecule has 4 N–H and O–H groups in total. The van der Waals surface area contributed by atoms with Gasteiger partial charge in [-0.2, -0.15) is 0 Å². The van der Waals surface area contributed by atoms with E-state index in [1.54, 1.807) is 20.8 Å². The summed E-state index contributed by atoms with van der Waals surface area (Å²) in [5, 5.41) is 2.52. The van der Waals surface area contributed by atoms with E-state index in [0.29, 0.717) is 6.54 Å². The Morgan fingerprint density at radius 1 is 1.38 bits per heavy atom. The van der Waals surface area contributed by atoms with Crippen molar-refractivity contribution in [2.24, 2.45) is 5.73 Å². The first-order chi connectivity index (χ1) is 7.16. The van der Waals surface area contributed by atoms with Crippen molar-refractivity contribution in [3.8, 4) is 0 Å². The minimum Gasteiger partial charge on any atom is -0.355 e. The molecule has 0 aliphatic carbocycles. The molecule has 0 saturated heterocycles. The molecule has 0 aromatic carbocycles. The van der Waals surface area contributed by atoms with Gasteiger partial charge < -0.3 is 11.1 Å². The van der Waals surface area contributed by atoms with Crippen LogP contribution in [0, 0.1) is 0 Å². The maximum atomic E-state index is 11.3. The summed E-state index contributed by atoms with van der Waals surface area (Å²) < 4.78 is 24.8. The van der Waals surface area contributed by atoms with E-state index in [-0.39, 0.29) is 24.6 Å². The van der Waals surface area contributed by atoms with Crippen LogP contribution in [0.4, 0.5) is 0 Å². The van der Waals surface area contributed by atoms with Crippen LogP contribution in [0.2, 0.25) is 0 Å². The summed E-state index contributed by atoms with van der Waals surface area (Å²) >= 11 is 0. The molecule has 6 nitrogen and oxygen atoms in total. The van der Waals surface area contributed by atoms with Crippen LogP contribution in [-0.2, 0) is 14.8 Å². The Hall–Kier alpha value is -0.660. The molecule has 0 aromatic rings. The van der Waals surface area contributed by atoms with E-state index in [1.807, 2.05) is 0 Å². The fraction of sp³-hybridized carbons (Fsp3) is 0.889. The molecule has 0 heterocycles. The summed E-state index contributed by atoms with van der Waals surface area (Å²) in [6, 6.07) is 0. The number of hydrogen-bond acceptors (Lipinski definition) is 4. The highest BCUT2D eigenvalue weighted by atomic mass is 32.2. The average Bonchev–Trinajstić information content (AvgIpc) is 1.99. The third-order valence-electron chi connectivity index (χ3n) is 1.67. The second-order valence-electron chi connectivity index (χ2n) is 4.33. The van der Waals surface area contributed by atoms with E-state index in [0.717, 1.165) is 0 Å². The van der Waals surface area contributed by atoms with Gasteiger partial charge in [-0.25, -0.2) is 13.1 Å². The molecular weight excluding hydrogens is 230 g/mol. The summed E-state index contributed by atoms with van der Waals surface area (Å²) in [5.74, 6) is -0.350. The van der Waals surface area contributed by atoms with Gasteiger partial charge in [0.1, 0.15) is 0 Å². The Morgan fingerprint density at radius 2 is 1.94 bits per heavy atom. The van der Waals surface area contributed by atoms with E-state index in [4.69, 9.17) is 5.73 Å². The first-order valence-corrected chi connectivity index (χ1v) is 6.84. The van der Waals surface area contributed by atoms with E-state index >= 15 is 0 Å². The molecule has 0 radical (unpaired) electrons. The summed E-state index contributed by atoms with van der Waals surface area (Å²) in [4.78, 5) is 11.3. The molecule has 0 atom stereocenters. The van der Waals surface area contributed by atoms with Crippen LogP contribution in [-0.4, -0.2) is 38.7 Å². The quantitative estimate of drug-likeness (QED) is 0.549. The lowest BCUT2D eigenvalue weighted by atomic mass is 10.0. The predicted molar refractivity (Wildman–Crippen MR) is 63.4 cm³/mol. The zero-order chi connectivity index (χ0) is 12.8. The molecule has 0 fully saturated rings. The molecule has 0 rings (SSSR count). The van der Waals surface area contributed by atoms with Gasteiger partial charge in [-0.1, -0.05) is 6.92 Å². The van der Waals surface area contributed by atoms with E-state index in [1.165, 1.54) is 0 Å². The molecule has 0 unspecified atom stereocenters. The van der Waals surface area contributed by atoms with E-state index < -0.39 is 15.6 Å². The minimum atomic E-state index is -3.27. The van der Waals surface area contributed by atoms with Gasteiger partial charge in [0.15, 0.2) is 0 Å². The van der Waals surface area contributed by atoms with Crippen molar-refractivity contribution in [2.45, 2.75) is 32.7 Å². The lowest BCUT2D eigenvalue weighted by Crippen LogP contribution is -2.41. The van der Waals surface area contributed by atoms with Crippen LogP contribution < -0.4 is 15.8 Å². The number of hydrogen-bond donors (Lipinski definition) is 3. The van der Waals surface area contributed by atoms with Crippen molar-refractivity contribution < 1.29 is 13.2 Å². The minimum absolute atomic E-state index is 0.101. The van der Waals surface area contributed by atoms with Gasteiger partial charge in [0, 0.05) is 25.0 Å². The Labute approximate surface area is 97.0 Å². The number of rotatable bonds is 7. The third kappa shape index (κ3) is 8.63. The highest BCUT2D eigenvalue weighted by Crippen LogP contribution is 2.02. The normalized spacial score (nSPS) is 12.5. The maximum Gasteiger partial charge on any atom is 0.221 e. The molecule has 0 saturated carbocycles. The Kier molecular flexibility index (Phi) is 5.91. The van der Waals surface area contributed by atoms with Gasteiger partial charge in [-0.05, 0) is 13.8 Å². The fourth-order valence-electron chi connectivity index (χ4n) is 1.09. The molecular formula is C9H21N3O3S. The molecule has 16 heavy (non-hydrogen) atoms. The largest absolute Gasteiger partial charge is 0.355 e. The number of amides is 1. The molecule has 0 aromatic heterocycles. The van der Waals surface area contributed by atoms with Crippen molar-refractivity contribution in [3.63, 3.8) is 0 Å². The summed E-state index contributed by atoms with van der Waals surface area (Å²) in [5.41, 5.74) is 5.07. The van der Waals surface area contributed by atoms with Crippen molar-refractivity contribution in [3.05, 3.63) is 0 Å². The smallest absolute Gasteiger partial charge is 0.221 e. The van der Waals surface area contributed by atoms with Gasteiger partial charge in [0.05, 0.1) is 5.75 Å². The monoisotopic (exact) mass is 251 g/mol. The van der Waals surface area contributed by atoms with Crippen LogP contribution in [0.5, 0.6) is 0 Å². The van der Waals surface area contributed by atoms with Gasteiger partial charge in [-0.15, -0.1) is 0 Å². The number of carbonyl (C=O) groups is 1. The lowest BCUT2D eigenvalue weighted by Gasteiger charge is -2.17. The van der Waals surface area contributed by atoms with Crippen LogP contribution in [0.25, 0.3) is 0 Å². The van der Waals surface area contributed by atoms with Crippen molar-refractivity contribution in [1.29, 1.82) is 0 Å². The summed E-state index contributed by atoms with van der Waals surface area (Å²) in [6.45, 7) is 5.63. The molecule has 0 spiro atoms. The zero-order valence-corrected chi connectivity index (χ0v) is 10.9. The molecule has 0 aliphatic heterocycles. The Balaban J connectivity index is 3.87. The van der Waals surface area contributed by atoms with Crippen LogP contribution >= 0.6 is 0 Å². The first-order valence-electron chi connectivity index (χ1n) is 5.19. The van der Waals surface area contributed by atoms with Crippen molar-refractivity contribution in [1.82, 2.24) is 10.0 Å². The van der Waals surface area contributed by atoms with E-state index in [2.05, 4.69) is 10.0 Å². The first kappa shape index (κ1) is 15.3. The van der Waals surface area contributed by atoms with Crippen LogP contribution in [0.3, 0.4) is 0 Å². The topological polar surface area (TPSA) is 101 Å². The van der Waals surface area contributed by atoms with Crippen LogP contribution in [0.15, 0.2) is 0 Å². The maximum absolute atomic E-state index is 11.3. The number of nitrogens with one attached hydrogen (secondary N) is 2. The molecule has 7 heteroatoms. The zero-order valence-electron chi connectivity index (χ0n) is 10.0. The lowest BCUT2D eigenvalue weighted by molar-refractivity contribution is -0.121. The van der Waals surface area contributed by atoms with Crippen molar-refractivity contribution in [2.75, 3.05) is 18.8 Å². The molecule has 0 bridgehead atoms. The number of sulfonamides is 1. The summed E-state index contributed by atoms with van der Waals surface area (Å²) in [7, 11) is -3.27. The van der Waals surface area contributed by atoms with Gasteiger partial charge >= 0.3 is 0 Å². The average molecular weight is 251 g/mol. The Bertz CT molecular complexity index is 319. The summed E-state index contributed by atoms with van der Waals surface area (Å²) in [6.07, 6.45) is 0.175. The van der Waals surface area contributed by atoms with Gasteiger partial charge in [-0.3, -0.25) is 4.79 Å². The Morgan fingerprint density at radius 3 is 2.38 bits per heavy atom. The SMILES string of the molecule is CCNS(=O)(=O)CCNC(=O)CC(C)(C)N.